The Morgan fingerprint density at radius 1 is 1.05 bits per heavy atom. The molecule has 0 bridgehead atoms. The highest BCUT2D eigenvalue weighted by Gasteiger charge is 2.22. The van der Waals surface area contributed by atoms with Gasteiger partial charge in [0.05, 0.1) is 5.60 Å². The summed E-state index contributed by atoms with van der Waals surface area (Å²) in [7, 11) is 0. The number of halogens is 1. The smallest absolute Gasteiger partial charge is 0.0992 e. The average Bonchev–Trinajstić information content (AvgIpc) is 2.45. The van der Waals surface area contributed by atoms with Crippen molar-refractivity contribution >= 4 is 11.6 Å². The van der Waals surface area contributed by atoms with E-state index in [1.54, 1.807) is 12.1 Å². The van der Waals surface area contributed by atoms with Crippen LogP contribution in [-0.2, 0) is 12.0 Å². The molecule has 0 fully saturated rings. The third kappa shape index (κ3) is 4.34. The monoisotopic (exact) mass is 289 g/mol. The number of hydrogen-bond acceptors (Lipinski definition) is 2. The lowest BCUT2D eigenvalue weighted by molar-refractivity contribution is 0.0573. The maximum atomic E-state index is 10.5. The lowest BCUT2D eigenvalue weighted by Gasteiger charge is -2.24. The van der Waals surface area contributed by atoms with E-state index in [0.717, 1.165) is 18.5 Å². The lowest BCUT2D eigenvalue weighted by Crippen LogP contribution is -2.36. The SMILES string of the molecule is C[C@@](O)(CNCCc1ccccc1)c1ccc(Cl)cc1. The third-order valence-corrected chi connectivity index (χ3v) is 3.62. The molecule has 2 aromatic carbocycles. The topological polar surface area (TPSA) is 32.3 Å². The van der Waals surface area contributed by atoms with Crippen molar-refractivity contribution in [1.82, 2.24) is 5.32 Å². The van der Waals surface area contributed by atoms with Crippen LogP contribution < -0.4 is 5.32 Å². The van der Waals surface area contributed by atoms with Crippen LogP contribution >= 0.6 is 11.6 Å². The predicted molar refractivity (Wildman–Crippen MR) is 84.0 cm³/mol. The van der Waals surface area contributed by atoms with Crippen molar-refractivity contribution in [2.45, 2.75) is 18.9 Å². The first-order chi connectivity index (χ1) is 9.58. The van der Waals surface area contributed by atoms with Crippen LogP contribution in [0.3, 0.4) is 0 Å². The predicted octanol–water partition coefficient (Wildman–Crippen LogP) is 3.38. The molecule has 0 unspecified atom stereocenters. The standard InChI is InChI=1S/C17H20ClNO/c1-17(20,15-7-9-16(18)10-8-15)13-19-12-11-14-5-3-2-4-6-14/h2-10,19-20H,11-13H2,1H3/t17-/m1/s1. The summed E-state index contributed by atoms with van der Waals surface area (Å²) >= 11 is 5.86. The maximum absolute atomic E-state index is 10.5. The Kier molecular flexibility index (Phi) is 5.18. The van der Waals surface area contributed by atoms with E-state index in [9.17, 15) is 5.11 Å². The van der Waals surface area contributed by atoms with Crippen molar-refractivity contribution in [3.05, 3.63) is 70.7 Å². The van der Waals surface area contributed by atoms with Crippen LogP contribution in [0, 0.1) is 0 Å². The van der Waals surface area contributed by atoms with E-state index in [0.29, 0.717) is 11.6 Å². The van der Waals surface area contributed by atoms with Gasteiger partial charge in [0, 0.05) is 11.6 Å². The van der Waals surface area contributed by atoms with Crippen LogP contribution in [0.4, 0.5) is 0 Å². The Labute approximate surface area is 125 Å². The maximum Gasteiger partial charge on any atom is 0.0992 e. The molecule has 2 rings (SSSR count). The summed E-state index contributed by atoms with van der Waals surface area (Å²) in [5.74, 6) is 0. The highest BCUT2D eigenvalue weighted by Crippen LogP contribution is 2.21. The van der Waals surface area contributed by atoms with Crippen LogP contribution in [0.25, 0.3) is 0 Å². The number of benzene rings is 2. The largest absolute Gasteiger partial charge is 0.384 e. The summed E-state index contributed by atoms with van der Waals surface area (Å²) < 4.78 is 0. The first-order valence-electron chi connectivity index (χ1n) is 6.81. The van der Waals surface area contributed by atoms with E-state index in [1.807, 2.05) is 37.3 Å². The molecular formula is C17H20ClNO. The van der Waals surface area contributed by atoms with Crippen LogP contribution in [-0.4, -0.2) is 18.2 Å². The normalized spacial score (nSPS) is 13.9. The number of nitrogens with one attached hydrogen (secondary N) is 1. The van der Waals surface area contributed by atoms with Gasteiger partial charge in [-0.2, -0.15) is 0 Å². The first-order valence-corrected chi connectivity index (χ1v) is 7.19. The summed E-state index contributed by atoms with van der Waals surface area (Å²) in [6.45, 7) is 3.17. The molecule has 2 N–H and O–H groups in total. The summed E-state index contributed by atoms with van der Waals surface area (Å²) in [6.07, 6.45) is 0.956. The molecule has 0 aliphatic rings. The van der Waals surface area contributed by atoms with Crippen LogP contribution in [0.15, 0.2) is 54.6 Å². The number of hydrogen-bond donors (Lipinski definition) is 2. The fraction of sp³-hybridized carbons (Fsp3) is 0.294. The first kappa shape index (κ1) is 15.0. The zero-order chi connectivity index (χ0) is 14.4. The Morgan fingerprint density at radius 3 is 2.35 bits per heavy atom. The van der Waals surface area contributed by atoms with Crippen molar-refractivity contribution < 1.29 is 5.11 Å². The minimum atomic E-state index is -0.888. The fourth-order valence-electron chi connectivity index (χ4n) is 2.12. The Bertz CT molecular complexity index is 522. The molecule has 20 heavy (non-hydrogen) atoms. The van der Waals surface area contributed by atoms with Crippen molar-refractivity contribution in [3.63, 3.8) is 0 Å². The number of rotatable bonds is 6. The van der Waals surface area contributed by atoms with Gasteiger partial charge in [-0.3, -0.25) is 0 Å². The highest BCUT2D eigenvalue weighted by molar-refractivity contribution is 6.30. The second-order valence-electron chi connectivity index (χ2n) is 5.19. The van der Waals surface area contributed by atoms with Gasteiger partial charge in [-0.25, -0.2) is 0 Å². The Morgan fingerprint density at radius 2 is 1.70 bits per heavy atom. The summed E-state index contributed by atoms with van der Waals surface area (Å²) in [4.78, 5) is 0. The Hall–Kier alpha value is -1.35. The second kappa shape index (κ2) is 6.89. The fourth-order valence-corrected chi connectivity index (χ4v) is 2.25. The van der Waals surface area contributed by atoms with E-state index in [4.69, 9.17) is 11.6 Å². The molecule has 0 aliphatic heterocycles. The molecule has 1 atom stereocenters. The van der Waals surface area contributed by atoms with E-state index < -0.39 is 5.60 Å². The molecule has 2 aromatic rings. The van der Waals surface area contributed by atoms with Gasteiger partial charge in [-0.05, 0) is 43.1 Å². The third-order valence-electron chi connectivity index (χ3n) is 3.37. The average molecular weight is 290 g/mol. The van der Waals surface area contributed by atoms with Gasteiger partial charge in [-0.15, -0.1) is 0 Å². The lowest BCUT2D eigenvalue weighted by atomic mass is 9.96. The molecular weight excluding hydrogens is 270 g/mol. The molecule has 0 aromatic heterocycles. The van der Waals surface area contributed by atoms with Crippen molar-refractivity contribution in [3.8, 4) is 0 Å². The minimum Gasteiger partial charge on any atom is -0.384 e. The molecule has 0 spiro atoms. The molecule has 0 amide bonds. The van der Waals surface area contributed by atoms with E-state index in [2.05, 4.69) is 17.4 Å². The van der Waals surface area contributed by atoms with Crippen molar-refractivity contribution in [2.24, 2.45) is 0 Å². The summed E-state index contributed by atoms with van der Waals surface area (Å²) in [5, 5.41) is 14.5. The highest BCUT2D eigenvalue weighted by atomic mass is 35.5. The van der Waals surface area contributed by atoms with E-state index in [1.165, 1.54) is 5.56 Å². The van der Waals surface area contributed by atoms with E-state index >= 15 is 0 Å². The van der Waals surface area contributed by atoms with E-state index in [-0.39, 0.29) is 0 Å². The van der Waals surface area contributed by atoms with Gasteiger partial charge in [0.25, 0.3) is 0 Å². The summed E-state index contributed by atoms with van der Waals surface area (Å²) in [5.41, 5.74) is 1.28. The molecule has 3 heteroatoms. The van der Waals surface area contributed by atoms with Crippen LogP contribution in [0.2, 0.25) is 5.02 Å². The van der Waals surface area contributed by atoms with Crippen LogP contribution in [0.5, 0.6) is 0 Å². The van der Waals surface area contributed by atoms with Gasteiger partial charge in [0.2, 0.25) is 0 Å². The van der Waals surface area contributed by atoms with Gasteiger partial charge in [0.15, 0.2) is 0 Å². The molecule has 0 radical (unpaired) electrons. The minimum absolute atomic E-state index is 0.515. The molecule has 106 valence electrons. The summed E-state index contributed by atoms with van der Waals surface area (Å²) in [6, 6.07) is 17.6. The quantitative estimate of drug-likeness (QED) is 0.799. The zero-order valence-corrected chi connectivity index (χ0v) is 12.4. The zero-order valence-electron chi connectivity index (χ0n) is 11.6. The number of aliphatic hydroxyl groups is 1. The van der Waals surface area contributed by atoms with Gasteiger partial charge in [-0.1, -0.05) is 54.1 Å². The van der Waals surface area contributed by atoms with Crippen molar-refractivity contribution in [2.75, 3.05) is 13.1 Å². The van der Waals surface area contributed by atoms with Crippen LogP contribution in [0.1, 0.15) is 18.1 Å². The van der Waals surface area contributed by atoms with Gasteiger partial charge >= 0.3 is 0 Å². The molecule has 0 heterocycles. The van der Waals surface area contributed by atoms with Gasteiger partial charge < -0.3 is 10.4 Å². The second-order valence-corrected chi connectivity index (χ2v) is 5.63. The van der Waals surface area contributed by atoms with Crippen molar-refractivity contribution in [1.29, 1.82) is 0 Å². The Balaban J connectivity index is 1.82. The molecule has 0 aliphatic carbocycles. The molecule has 2 nitrogen and oxygen atoms in total. The van der Waals surface area contributed by atoms with Gasteiger partial charge in [0.1, 0.15) is 0 Å². The molecule has 0 saturated heterocycles. The molecule has 0 saturated carbocycles.